The first-order valence-corrected chi connectivity index (χ1v) is 9.60. The van der Waals surface area contributed by atoms with Gasteiger partial charge in [0.1, 0.15) is 16.4 Å². The fraction of sp³-hybridized carbons (Fsp3) is 0.529. The highest BCUT2D eigenvalue weighted by Crippen LogP contribution is 2.32. The Morgan fingerprint density at radius 1 is 1.37 bits per heavy atom. The van der Waals surface area contributed by atoms with Crippen molar-refractivity contribution in [2.45, 2.75) is 45.3 Å². The summed E-state index contributed by atoms with van der Waals surface area (Å²) in [4.78, 5) is 11.4. The summed E-state index contributed by atoms with van der Waals surface area (Å²) in [6.07, 6.45) is 5.90. The van der Waals surface area contributed by atoms with E-state index in [1.165, 1.54) is 0 Å². The Bertz CT molecular complexity index is 926. The maximum Gasteiger partial charge on any atom is 0.231 e. The second-order valence-corrected chi connectivity index (χ2v) is 7.35. The molecule has 1 aliphatic heterocycles. The van der Waals surface area contributed by atoms with E-state index in [9.17, 15) is 0 Å². The van der Waals surface area contributed by atoms with Gasteiger partial charge in [-0.1, -0.05) is 11.6 Å². The largest absolute Gasteiger partial charge is 0.355 e. The van der Waals surface area contributed by atoms with Gasteiger partial charge in [0.25, 0.3) is 0 Å². The van der Waals surface area contributed by atoms with Gasteiger partial charge >= 0.3 is 0 Å². The molecule has 0 spiro atoms. The summed E-state index contributed by atoms with van der Waals surface area (Å²) in [5.41, 5.74) is 1.37. The molecule has 0 aromatic carbocycles. The van der Waals surface area contributed by atoms with Gasteiger partial charge in [-0.25, -0.2) is 0 Å². The number of anilines is 3. The summed E-state index contributed by atoms with van der Waals surface area (Å²) in [7, 11) is 2.05. The van der Waals surface area contributed by atoms with Crippen LogP contribution in [0.4, 0.5) is 17.5 Å². The van der Waals surface area contributed by atoms with Crippen LogP contribution in [-0.4, -0.2) is 55.6 Å². The van der Waals surface area contributed by atoms with E-state index in [0.717, 1.165) is 42.8 Å². The van der Waals surface area contributed by atoms with Crippen LogP contribution in [0.5, 0.6) is 0 Å². The normalized spacial score (nSPS) is 20.1. The molecule has 3 aromatic heterocycles. The zero-order valence-corrected chi connectivity index (χ0v) is 16.5. The van der Waals surface area contributed by atoms with Crippen LogP contribution in [0.25, 0.3) is 11.0 Å². The molecule has 27 heavy (non-hydrogen) atoms. The van der Waals surface area contributed by atoms with Crippen LogP contribution in [0.1, 0.15) is 26.7 Å². The number of H-pyrrole nitrogens is 1. The van der Waals surface area contributed by atoms with Crippen molar-refractivity contribution in [2.24, 2.45) is 0 Å². The minimum Gasteiger partial charge on any atom is -0.355 e. The molecular weight excluding hydrogens is 366 g/mol. The number of rotatable bonds is 5. The Hall–Kier alpha value is -2.39. The molecule has 0 amide bonds. The molecule has 4 rings (SSSR count). The van der Waals surface area contributed by atoms with Crippen molar-refractivity contribution >= 4 is 40.1 Å². The van der Waals surface area contributed by atoms with E-state index in [-0.39, 0.29) is 0 Å². The Kier molecular flexibility index (Phi) is 4.88. The van der Waals surface area contributed by atoms with Gasteiger partial charge in [0.2, 0.25) is 5.95 Å². The first-order valence-electron chi connectivity index (χ1n) is 9.22. The predicted octanol–water partition coefficient (Wildman–Crippen LogP) is 2.54. The number of fused-ring (bicyclic) bond motifs is 1. The molecule has 3 aromatic rings. The first-order chi connectivity index (χ1) is 13.0. The van der Waals surface area contributed by atoms with E-state index in [4.69, 9.17) is 16.6 Å². The van der Waals surface area contributed by atoms with Crippen molar-refractivity contribution in [1.82, 2.24) is 35.3 Å². The maximum absolute atomic E-state index is 6.34. The third-order valence-corrected chi connectivity index (χ3v) is 5.35. The van der Waals surface area contributed by atoms with Crippen LogP contribution in [-0.2, 0) is 6.54 Å². The fourth-order valence-corrected chi connectivity index (χ4v) is 3.61. The molecule has 1 fully saturated rings. The molecular formula is C17H24ClN9. The summed E-state index contributed by atoms with van der Waals surface area (Å²) in [5.74, 6) is 1.24. The summed E-state index contributed by atoms with van der Waals surface area (Å²) in [5, 5.41) is 19.3. The smallest absolute Gasteiger partial charge is 0.231 e. The Morgan fingerprint density at radius 3 is 2.93 bits per heavy atom. The van der Waals surface area contributed by atoms with Gasteiger partial charge in [0, 0.05) is 38.4 Å². The molecule has 3 N–H and O–H groups in total. The van der Waals surface area contributed by atoms with E-state index in [2.05, 4.69) is 42.7 Å². The number of hydrogen-bond donors (Lipinski definition) is 3. The fourth-order valence-electron chi connectivity index (χ4n) is 3.40. The van der Waals surface area contributed by atoms with Crippen LogP contribution < -0.4 is 15.5 Å². The predicted molar refractivity (Wildman–Crippen MR) is 107 cm³/mol. The standard InChI is InChI=1S/C17H24ClN9/c1-4-27-9-11(7-20-27)21-17-22-15-13(14(18)24-25-15)16(23-17)26(3)12-6-5-10(2)19-8-12/h7,9-10,12,19H,4-6,8H2,1-3H3,(H2,21,22,23,24,25)/t10-,12+/m0/s1. The minimum absolute atomic E-state index is 0.334. The topological polar surface area (TPSA) is 99.6 Å². The second-order valence-electron chi connectivity index (χ2n) is 6.97. The molecule has 0 aliphatic carbocycles. The van der Waals surface area contributed by atoms with Crippen LogP contribution in [0, 0.1) is 0 Å². The van der Waals surface area contributed by atoms with Gasteiger partial charge in [-0.3, -0.25) is 9.78 Å². The third-order valence-electron chi connectivity index (χ3n) is 5.08. The highest BCUT2D eigenvalue weighted by Gasteiger charge is 2.26. The highest BCUT2D eigenvalue weighted by atomic mass is 35.5. The lowest BCUT2D eigenvalue weighted by Crippen LogP contribution is -2.48. The van der Waals surface area contributed by atoms with Gasteiger partial charge < -0.3 is 15.5 Å². The Morgan fingerprint density at radius 2 is 2.22 bits per heavy atom. The van der Waals surface area contributed by atoms with E-state index >= 15 is 0 Å². The highest BCUT2D eigenvalue weighted by molar-refractivity contribution is 6.35. The maximum atomic E-state index is 6.34. The van der Waals surface area contributed by atoms with Gasteiger partial charge in [-0.15, -0.1) is 0 Å². The average Bonchev–Trinajstić information content (AvgIpc) is 3.28. The first kappa shape index (κ1) is 18.0. The number of aromatic nitrogens is 6. The molecule has 4 heterocycles. The van der Waals surface area contributed by atoms with Crippen LogP contribution >= 0.6 is 11.6 Å². The van der Waals surface area contributed by atoms with Gasteiger partial charge in [-0.05, 0) is 26.7 Å². The lowest BCUT2D eigenvalue weighted by molar-refractivity contribution is 0.375. The molecule has 0 bridgehead atoms. The third kappa shape index (κ3) is 3.57. The average molecular weight is 390 g/mol. The number of halogens is 1. The van der Waals surface area contributed by atoms with Crippen molar-refractivity contribution in [2.75, 3.05) is 23.8 Å². The zero-order valence-electron chi connectivity index (χ0n) is 15.7. The summed E-state index contributed by atoms with van der Waals surface area (Å²) < 4.78 is 1.84. The van der Waals surface area contributed by atoms with Crippen molar-refractivity contribution in [3.05, 3.63) is 17.5 Å². The van der Waals surface area contributed by atoms with Crippen molar-refractivity contribution in [3.63, 3.8) is 0 Å². The number of nitrogens with zero attached hydrogens (tertiary/aromatic N) is 6. The molecule has 0 saturated carbocycles. The minimum atomic E-state index is 0.334. The molecule has 10 heteroatoms. The van der Waals surface area contributed by atoms with Crippen LogP contribution in [0.3, 0.4) is 0 Å². The van der Waals surface area contributed by atoms with Crippen molar-refractivity contribution < 1.29 is 0 Å². The zero-order chi connectivity index (χ0) is 19.0. The van der Waals surface area contributed by atoms with Gasteiger partial charge in [0.15, 0.2) is 5.65 Å². The quantitative estimate of drug-likeness (QED) is 0.616. The van der Waals surface area contributed by atoms with Gasteiger partial charge in [0.05, 0.1) is 11.9 Å². The molecule has 1 saturated heterocycles. The van der Waals surface area contributed by atoms with Crippen LogP contribution in [0.15, 0.2) is 12.4 Å². The number of nitrogens with one attached hydrogen (secondary N) is 3. The number of likely N-dealkylation sites (N-methyl/N-ethyl adjacent to an activating group) is 1. The number of piperidine rings is 1. The number of aromatic amines is 1. The molecule has 0 unspecified atom stereocenters. The van der Waals surface area contributed by atoms with Crippen LogP contribution in [0.2, 0.25) is 5.15 Å². The Balaban J connectivity index is 1.68. The van der Waals surface area contributed by atoms with E-state index in [1.807, 2.05) is 24.9 Å². The van der Waals surface area contributed by atoms with Crippen molar-refractivity contribution in [3.8, 4) is 0 Å². The molecule has 144 valence electrons. The lowest BCUT2D eigenvalue weighted by atomic mass is 10.0. The molecule has 1 aliphatic rings. The van der Waals surface area contributed by atoms with E-state index in [1.54, 1.807) is 6.20 Å². The SMILES string of the molecule is CCn1cc(Nc2nc(N(C)[C@@H]3CC[C@H](C)NC3)c3c(Cl)[nH]nc3n2)cn1. The molecule has 2 atom stereocenters. The second kappa shape index (κ2) is 7.32. The van der Waals surface area contributed by atoms with E-state index < -0.39 is 0 Å². The van der Waals surface area contributed by atoms with Gasteiger partial charge in [-0.2, -0.15) is 20.2 Å². The lowest BCUT2D eigenvalue weighted by Gasteiger charge is -2.35. The summed E-state index contributed by atoms with van der Waals surface area (Å²) in [6.45, 7) is 5.96. The van der Waals surface area contributed by atoms with E-state index in [0.29, 0.717) is 28.8 Å². The van der Waals surface area contributed by atoms with Crippen molar-refractivity contribution in [1.29, 1.82) is 0 Å². The summed E-state index contributed by atoms with van der Waals surface area (Å²) in [6, 6.07) is 0.880. The Labute approximate surface area is 162 Å². The molecule has 0 radical (unpaired) electrons. The number of hydrogen-bond acceptors (Lipinski definition) is 7. The number of aryl methyl sites for hydroxylation is 1. The monoisotopic (exact) mass is 389 g/mol. The molecule has 9 nitrogen and oxygen atoms in total. The summed E-state index contributed by atoms with van der Waals surface area (Å²) >= 11 is 6.34.